The minimum Gasteiger partial charge on any atom is -0.328 e. The lowest BCUT2D eigenvalue weighted by molar-refractivity contribution is 0.393. The number of benzene rings is 1. The van der Waals surface area contributed by atoms with Gasteiger partial charge in [-0.25, -0.2) is 8.78 Å². The molecule has 4 heteroatoms. The van der Waals surface area contributed by atoms with Crippen molar-refractivity contribution in [3.8, 4) is 0 Å². The maximum Gasteiger partial charge on any atom is 0.140 e. The van der Waals surface area contributed by atoms with Gasteiger partial charge in [0.05, 0.1) is 4.90 Å². The van der Waals surface area contributed by atoms with Gasteiger partial charge in [0.2, 0.25) is 0 Å². The molecule has 0 saturated heterocycles. The van der Waals surface area contributed by atoms with Gasteiger partial charge in [0.15, 0.2) is 0 Å². The van der Waals surface area contributed by atoms with Crippen LogP contribution >= 0.6 is 11.8 Å². The molecule has 2 N–H and O–H groups in total. The quantitative estimate of drug-likeness (QED) is 0.884. The lowest BCUT2D eigenvalue weighted by atomic mass is 9.91. The molecule has 0 radical (unpaired) electrons. The third-order valence-electron chi connectivity index (χ3n) is 3.79. The zero-order chi connectivity index (χ0) is 14.7. The highest BCUT2D eigenvalue weighted by Crippen LogP contribution is 2.38. The van der Waals surface area contributed by atoms with Crippen molar-refractivity contribution in [2.45, 2.75) is 62.1 Å². The molecule has 3 atom stereocenters. The third-order valence-corrected chi connectivity index (χ3v) is 5.18. The maximum absolute atomic E-state index is 14.1. The molecule has 0 aliphatic heterocycles. The highest BCUT2D eigenvalue weighted by Gasteiger charge is 2.23. The number of rotatable bonds is 4. The summed E-state index contributed by atoms with van der Waals surface area (Å²) >= 11 is 1.37. The van der Waals surface area contributed by atoms with Crippen LogP contribution in [0, 0.1) is 17.6 Å². The summed E-state index contributed by atoms with van der Waals surface area (Å²) in [6.45, 7) is 4.05. The first-order valence-corrected chi connectivity index (χ1v) is 8.23. The molecule has 1 aliphatic carbocycles. The summed E-state index contributed by atoms with van der Waals surface area (Å²) in [6.07, 6.45) is 4.99. The fourth-order valence-electron chi connectivity index (χ4n) is 2.87. The minimum absolute atomic E-state index is 0.0912. The van der Waals surface area contributed by atoms with Crippen molar-refractivity contribution in [1.82, 2.24) is 0 Å². The van der Waals surface area contributed by atoms with Crippen molar-refractivity contribution < 1.29 is 8.78 Å². The van der Waals surface area contributed by atoms with Gasteiger partial charge in [0.1, 0.15) is 11.6 Å². The van der Waals surface area contributed by atoms with Crippen LogP contribution in [0.4, 0.5) is 8.78 Å². The largest absolute Gasteiger partial charge is 0.328 e. The van der Waals surface area contributed by atoms with Crippen LogP contribution in [-0.4, -0.2) is 11.3 Å². The molecule has 0 spiro atoms. The minimum atomic E-state index is -0.441. The van der Waals surface area contributed by atoms with E-state index in [2.05, 4.69) is 6.92 Å². The molecule has 0 amide bonds. The summed E-state index contributed by atoms with van der Waals surface area (Å²) in [5, 5.41) is 0.335. The normalized spacial score (nSPS) is 24.6. The Morgan fingerprint density at radius 1 is 1.30 bits per heavy atom. The zero-order valence-electron chi connectivity index (χ0n) is 12.2. The van der Waals surface area contributed by atoms with Crippen molar-refractivity contribution in [2.24, 2.45) is 11.7 Å². The van der Waals surface area contributed by atoms with Gasteiger partial charge >= 0.3 is 0 Å². The summed E-state index contributed by atoms with van der Waals surface area (Å²) in [6, 6.07) is 2.77. The van der Waals surface area contributed by atoms with Crippen LogP contribution in [0.5, 0.6) is 0 Å². The first-order valence-electron chi connectivity index (χ1n) is 7.36. The van der Waals surface area contributed by atoms with E-state index in [-0.39, 0.29) is 10.9 Å². The fraction of sp³-hybridized carbons (Fsp3) is 0.625. The highest BCUT2D eigenvalue weighted by atomic mass is 32.2. The predicted octanol–water partition coefficient (Wildman–Crippen LogP) is 4.53. The van der Waals surface area contributed by atoms with Crippen molar-refractivity contribution in [2.75, 3.05) is 0 Å². The first-order chi connectivity index (χ1) is 9.45. The molecule has 0 bridgehead atoms. The van der Waals surface area contributed by atoms with E-state index in [0.717, 1.165) is 19.3 Å². The Kier molecular flexibility index (Phi) is 5.44. The van der Waals surface area contributed by atoms with Crippen LogP contribution < -0.4 is 5.73 Å². The SMILES string of the molecule is CC(N)Cc1cc(F)c(SC2CCCC(C)C2)c(F)c1. The molecule has 112 valence electrons. The van der Waals surface area contributed by atoms with Crippen LogP contribution in [0.3, 0.4) is 0 Å². The number of hydrogen-bond donors (Lipinski definition) is 1. The average Bonchev–Trinajstić information content (AvgIpc) is 2.33. The van der Waals surface area contributed by atoms with Gasteiger partial charge in [0.25, 0.3) is 0 Å². The molecule has 1 aromatic rings. The van der Waals surface area contributed by atoms with Gasteiger partial charge in [-0.3, -0.25) is 0 Å². The Hall–Kier alpha value is -0.610. The number of halogens is 2. The van der Waals surface area contributed by atoms with Crippen molar-refractivity contribution in [3.63, 3.8) is 0 Å². The van der Waals surface area contributed by atoms with E-state index in [4.69, 9.17) is 5.73 Å². The third kappa shape index (κ3) is 4.19. The number of hydrogen-bond acceptors (Lipinski definition) is 2. The Bertz CT molecular complexity index is 439. The Labute approximate surface area is 124 Å². The molecule has 0 aromatic heterocycles. The van der Waals surface area contributed by atoms with Crippen LogP contribution in [0.25, 0.3) is 0 Å². The van der Waals surface area contributed by atoms with Crippen molar-refractivity contribution in [3.05, 3.63) is 29.3 Å². The molecule has 1 nitrogen and oxygen atoms in total. The van der Waals surface area contributed by atoms with E-state index in [9.17, 15) is 8.78 Å². The molecule has 1 saturated carbocycles. The molecule has 1 aliphatic rings. The molecular weight excluding hydrogens is 276 g/mol. The average molecular weight is 299 g/mol. The highest BCUT2D eigenvalue weighted by molar-refractivity contribution is 8.00. The Morgan fingerprint density at radius 2 is 1.95 bits per heavy atom. The topological polar surface area (TPSA) is 26.0 Å². The van der Waals surface area contributed by atoms with Crippen LogP contribution in [0.15, 0.2) is 17.0 Å². The lowest BCUT2D eigenvalue weighted by Gasteiger charge is -2.26. The second-order valence-electron chi connectivity index (χ2n) is 6.08. The van der Waals surface area contributed by atoms with E-state index in [1.165, 1.54) is 30.3 Å². The van der Waals surface area contributed by atoms with E-state index in [1.807, 2.05) is 6.92 Å². The van der Waals surface area contributed by atoms with E-state index >= 15 is 0 Å². The van der Waals surface area contributed by atoms with Gasteiger partial charge in [-0.05, 0) is 49.8 Å². The smallest absolute Gasteiger partial charge is 0.140 e. The van der Waals surface area contributed by atoms with Gasteiger partial charge < -0.3 is 5.73 Å². The van der Waals surface area contributed by atoms with E-state index in [0.29, 0.717) is 23.2 Å². The lowest BCUT2D eigenvalue weighted by Crippen LogP contribution is -2.18. The summed E-state index contributed by atoms with van der Waals surface area (Å²) in [7, 11) is 0. The maximum atomic E-state index is 14.1. The Morgan fingerprint density at radius 3 is 2.50 bits per heavy atom. The summed E-state index contributed by atoms with van der Waals surface area (Å²) in [4.78, 5) is 0.178. The number of thioether (sulfide) groups is 1. The van der Waals surface area contributed by atoms with Crippen molar-refractivity contribution in [1.29, 1.82) is 0 Å². The molecule has 2 rings (SSSR count). The van der Waals surface area contributed by atoms with Crippen LogP contribution in [-0.2, 0) is 6.42 Å². The van der Waals surface area contributed by atoms with Gasteiger partial charge in [0, 0.05) is 11.3 Å². The molecule has 1 fully saturated rings. The van der Waals surface area contributed by atoms with E-state index in [1.54, 1.807) is 0 Å². The van der Waals surface area contributed by atoms with E-state index < -0.39 is 11.6 Å². The Balaban J connectivity index is 2.11. The predicted molar refractivity (Wildman–Crippen MR) is 81.0 cm³/mol. The van der Waals surface area contributed by atoms with Crippen molar-refractivity contribution >= 4 is 11.8 Å². The van der Waals surface area contributed by atoms with Gasteiger partial charge in [-0.2, -0.15) is 0 Å². The molecule has 1 aromatic carbocycles. The van der Waals surface area contributed by atoms with Gasteiger partial charge in [-0.1, -0.05) is 19.8 Å². The summed E-state index contributed by atoms with van der Waals surface area (Å²) < 4.78 is 28.2. The molecule has 20 heavy (non-hydrogen) atoms. The number of nitrogens with two attached hydrogens (primary N) is 1. The molecule has 0 heterocycles. The van der Waals surface area contributed by atoms with Crippen LogP contribution in [0.2, 0.25) is 0 Å². The van der Waals surface area contributed by atoms with Gasteiger partial charge in [-0.15, -0.1) is 11.8 Å². The molecule has 3 unspecified atom stereocenters. The van der Waals surface area contributed by atoms with Crippen LogP contribution in [0.1, 0.15) is 45.1 Å². The second-order valence-corrected chi connectivity index (χ2v) is 7.39. The molecular formula is C16H23F2NS. The first kappa shape index (κ1) is 15.8. The monoisotopic (exact) mass is 299 g/mol. The summed E-state index contributed by atoms with van der Waals surface area (Å²) in [5.41, 5.74) is 6.31. The summed E-state index contributed by atoms with van der Waals surface area (Å²) in [5.74, 6) is -0.225. The zero-order valence-corrected chi connectivity index (χ0v) is 13.0. The second kappa shape index (κ2) is 6.90. The fourth-order valence-corrected chi connectivity index (χ4v) is 4.25. The standard InChI is InChI=1S/C16H23F2NS/c1-10-4-3-5-13(6-10)20-16-14(17)8-12(7-11(2)19)9-15(16)18/h8-11,13H,3-7,19H2,1-2H3.